The molecular formula is C28H36N2O4. The second-order valence-corrected chi connectivity index (χ2v) is 10.8. The number of hydrogen-bond donors (Lipinski definition) is 1. The zero-order chi connectivity index (χ0) is 24.0. The normalized spacial score (nSPS) is 26.9. The number of aryl methyl sites for hydroxylation is 2. The Balaban J connectivity index is 1.37. The molecule has 0 spiro atoms. The van der Waals surface area contributed by atoms with E-state index in [4.69, 9.17) is 14.2 Å². The van der Waals surface area contributed by atoms with Crippen molar-refractivity contribution in [3.8, 4) is 22.6 Å². The van der Waals surface area contributed by atoms with E-state index in [0.717, 1.165) is 71.8 Å². The molecule has 6 nitrogen and oxygen atoms in total. The van der Waals surface area contributed by atoms with Gasteiger partial charge in [-0.25, -0.2) is 4.79 Å². The maximum atomic E-state index is 13.0. The number of benzene rings is 2. The number of amides is 1. The molecule has 4 aliphatic heterocycles. The molecule has 1 N–H and O–H groups in total. The quantitative estimate of drug-likeness (QED) is 0.669. The van der Waals surface area contributed by atoms with Gasteiger partial charge in [0.1, 0.15) is 17.6 Å². The lowest BCUT2D eigenvalue weighted by atomic mass is 9.78. The Morgan fingerprint density at radius 1 is 1.09 bits per heavy atom. The van der Waals surface area contributed by atoms with Gasteiger partial charge in [-0.05, 0) is 86.1 Å². The minimum atomic E-state index is -0.324. The predicted octanol–water partition coefficient (Wildman–Crippen LogP) is 5.26. The predicted molar refractivity (Wildman–Crippen MR) is 132 cm³/mol. The van der Waals surface area contributed by atoms with Crippen molar-refractivity contribution in [1.29, 1.82) is 0 Å². The fourth-order valence-electron chi connectivity index (χ4n) is 5.89. The highest BCUT2D eigenvalue weighted by atomic mass is 16.6. The molecule has 0 aliphatic carbocycles. The highest BCUT2D eigenvalue weighted by Gasteiger charge is 2.41. The van der Waals surface area contributed by atoms with E-state index in [1.165, 1.54) is 0 Å². The van der Waals surface area contributed by atoms with Crippen molar-refractivity contribution in [3.63, 3.8) is 0 Å². The summed E-state index contributed by atoms with van der Waals surface area (Å²) < 4.78 is 17.6. The lowest BCUT2D eigenvalue weighted by Crippen LogP contribution is -2.53. The molecule has 182 valence electrons. The maximum Gasteiger partial charge on any atom is 0.407 e. The van der Waals surface area contributed by atoms with Gasteiger partial charge < -0.3 is 19.5 Å². The number of piperidine rings is 3. The summed E-state index contributed by atoms with van der Waals surface area (Å²) in [5, 5.41) is 3.19. The summed E-state index contributed by atoms with van der Waals surface area (Å²) in [6.07, 6.45) is 1.91. The average Bonchev–Trinajstić information content (AvgIpc) is 2.81. The third-order valence-electron chi connectivity index (χ3n) is 7.82. The monoisotopic (exact) mass is 464 g/mol. The number of nitrogens with zero attached hydrogens (tertiary/aromatic N) is 1. The summed E-state index contributed by atoms with van der Waals surface area (Å²) >= 11 is 0. The van der Waals surface area contributed by atoms with Crippen LogP contribution >= 0.6 is 0 Å². The molecule has 0 saturated carbocycles. The standard InChI is InChI=1S/C28H36N2O4/c1-17-12-21(13-18(2)25(17)32-5)20-6-7-22-23(14-20)33-16-28(3,4)26(22)29-27(31)34-24-15-30-10-8-19(24)9-11-30/h6-7,12-14,19,24,26H,8-11,15-16H2,1-5H3,(H,29,31)/t24-,26?/m1/s1. The smallest absolute Gasteiger partial charge is 0.407 e. The van der Waals surface area contributed by atoms with E-state index in [2.05, 4.69) is 68.2 Å². The van der Waals surface area contributed by atoms with Crippen molar-refractivity contribution in [2.45, 2.75) is 52.7 Å². The molecule has 4 heterocycles. The van der Waals surface area contributed by atoms with Crippen LogP contribution in [0, 0.1) is 25.2 Å². The number of carbonyl (C=O) groups is 1. The maximum absolute atomic E-state index is 13.0. The van der Waals surface area contributed by atoms with Crippen LogP contribution in [0.2, 0.25) is 0 Å². The van der Waals surface area contributed by atoms with E-state index in [1.54, 1.807) is 7.11 Å². The zero-order valence-electron chi connectivity index (χ0n) is 20.9. The van der Waals surface area contributed by atoms with E-state index < -0.39 is 0 Å². The van der Waals surface area contributed by atoms with E-state index in [0.29, 0.717) is 12.5 Å². The number of hydrogen-bond acceptors (Lipinski definition) is 5. The summed E-state index contributed by atoms with van der Waals surface area (Å²) in [7, 11) is 1.71. The van der Waals surface area contributed by atoms with Crippen LogP contribution in [0.5, 0.6) is 11.5 Å². The van der Waals surface area contributed by atoms with E-state index in [9.17, 15) is 4.79 Å². The molecule has 2 aromatic carbocycles. The van der Waals surface area contributed by atoms with Gasteiger partial charge in [-0.3, -0.25) is 4.90 Å². The van der Waals surface area contributed by atoms with E-state index in [1.807, 2.05) is 0 Å². The molecule has 2 atom stereocenters. The molecule has 1 unspecified atom stereocenters. The lowest BCUT2D eigenvalue weighted by Gasteiger charge is -2.44. The number of methoxy groups -OCH3 is 1. The Bertz CT molecular complexity index is 1060. The molecule has 2 aromatic rings. The Morgan fingerprint density at radius 3 is 2.41 bits per heavy atom. The van der Waals surface area contributed by atoms with Gasteiger partial charge in [0.25, 0.3) is 0 Å². The van der Waals surface area contributed by atoms with Crippen LogP contribution in [-0.4, -0.2) is 50.4 Å². The molecule has 6 rings (SSSR count). The number of carbonyl (C=O) groups excluding carboxylic acids is 1. The Kier molecular flexibility index (Phi) is 5.96. The van der Waals surface area contributed by atoms with Crippen molar-refractivity contribution in [2.75, 3.05) is 33.4 Å². The lowest BCUT2D eigenvalue weighted by molar-refractivity contribution is -0.0361. The fraction of sp³-hybridized carbons (Fsp3) is 0.536. The first-order valence-corrected chi connectivity index (χ1v) is 12.4. The molecule has 2 bridgehead atoms. The van der Waals surface area contributed by atoms with Crippen molar-refractivity contribution < 1.29 is 19.0 Å². The van der Waals surface area contributed by atoms with Gasteiger partial charge in [-0.15, -0.1) is 0 Å². The summed E-state index contributed by atoms with van der Waals surface area (Å²) in [5.41, 5.74) is 5.15. The van der Waals surface area contributed by atoms with Crippen LogP contribution in [0.25, 0.3) is 11.1 Å². The van der Waals surface area contributed by atoms with E-state index in [-0.39, 0.29) is 23.7 Å². The first kappa shape index (κ1) is 23.0. The molecular weight excluding hydrogens is 428 g/mol. The van der Waals surface area contributed by atoms with Gasteiger partial charge in [0, 0.05) is 17.5 Å². The molecule has 0 radical (unpaired) electrons. The first-order valence-electron chi connectivity index (χ1n) is 12.4. The molecule has 34 heavy (non-hydrogen) atoms. The number of fused-ring (bicyclic) bond motifs is 4. The summed E-state index contributed by atoms with van der Waals surface area (Å²) in [5.74, 6) is 2.23. The Hall–Kier alpha value is -2.73. The number of ether oxygens (including phenoxy) is 3. The van der Waals surface area contributed by atoms with Gasteiger partial charge in [0.15, 0.2) is 0 Å². The third kappa shape index (κ3) is 4.24. The summed E-state index contributed by atoms with van der Waals surface area (Å²) in [4.78, 5) is 15.4. The Morgan fingerprint density at radius 2 is 1.79 bits per heavy atom. The Labute approximate surface area is 202 Å². The van der Waals surface area contributed by atoms with Crippen LogP contribution < -0.4 is 14.8 Å². The topological polar surface area (TPSA) is 60.0 Å². The second kappa shape index (κ2) is 8.81. The van der Waals surface area contributed by atoms with Gasteiger partial charge in [-0.1, -0.05) is 26.0 Å². The summed E-state index contributed by atoms with van der Waals surface area (Å²) in [6.45, 7) is 12.0. The van der Waals surface area contributed by atoms with Gasteiger partial charge in [0.2, 0.25) is 0 Å². The highest BCUT2D eigenvalue weighted by molar-refractivity contribution is 5.71. The fourth-order valence-corrected chi connectivity index (χ4v) is 5.89. The van der Waals surface area contributed by atoms with Gasteiger partial charge in [0.05, 0.1) is 19.8 Å². The SMILES string of the molecule is COc1c(C)cc(-c2ccc3c(c2)OCC(C)(C)C3NC(=O)O[C@@H]2CN3CCC2CC3)cc1C. The summed E-state index contributed by atoms with van der Waals surface area (Å²) in [6, 6.07) is 10.4. The largest absolute Gasteiger partial charge is 0.496 e. The van der Waals surface area contributed by atoms with Crippen LogP contribution in [0.15, 0.2) is 30.3 Å². The zero-order valence-corrected chi connectivity index (χ0v) is 20.9. The van der Waals surface area contributed by atoms with Crippen LogP contribution in [-0.2, 0) is 4.74 Å². The molecule has 6 heteroatoms. The first-order chi connectivity index (χ1) is 16.2. The van der Waals surface area contributed by atoms with Crippen molar-refractivity contribution in [2.24, 2.45) is 11.3 Å². The van der Waals surface area contributed by atoms with Crippen LogP contribution in [0.4, 0.5) is 4.79 Å². The number of rotatable bonds is 4. The van der Waals surface area contributed by atoms with Gasteiger partial charge >= 0.3 is 6.09 Å². The van der Waals surface area contributed by atoms with Crippen LogP contribution in [0.1, 0.15) is 49.4 Å². The molecule has 0 aromatic heterocycles. The third-order valence-corrected chi connectivity index (χ3v) is 7.82. The van der Waals surface area contributed by atoms with Gasteiger partial charge in [-0.2, -0.15) is 0 Å². The minimum Gasteiger partial charge on any atom is -0.496 e. The van der Waals surface area contributed by atoms with E-state index >= 15 is 0 Å². The molecule has 4 aliphatic rings. The highest BCUT2D eigenvalue weighted by Crippen LogP contribution is 2.44. The number of alkyl carbamates (subject to hydrolysis) is 1. The number of nitrogens with one attached hydrogen (secondary N) is 1. The molecule has 3 saturated heterocycles. The van der Waals surface area contributed by atoms with Crippen molar-refractivity contribution >= 4 is 6.09 Å². The molecule has 3 fully saturated rings. The second-order valence-electron chi connectivity index (χ2n) is 10.8. The average molecular weight is 465 g/mol. The molecule has 1 amide bonds. The van der Waals surface area contributed by atoms with Crippen LogP contribution in [0.3, 0.4) is 0 Å². The van der Waals surface area contributed by atoms with Crippen molar-refractivity contribution in [3.05, 3.63) is 47.0 Å². The minimum absolute atomic E-state index is 0.00569. The van der Waals surface area contributed by atoms with Crippen molar-refractivity contribution in [1.82, 2.24) is 10.2 Å².